The minimum absolute atomic E-state index is 0.0400. The molecular formula is C48H81O13P. The summed E-state index contributed by atoms with van der Waals surface area (Å²) in [5.41, 5.74) is 0. The Labute approximate surface area is 372 Å². The first-order valence-corrected chi connectivity index (χ1v) is 24.7. The normalized spacial score (nSPS) is 22.5. The van der Waals surface area contributed by atoms with E-state index in [-0.39, 0.29) is 12.8 Å². The third-order valence-corrected chi connectivity index (χ3v) is 11.3. The van der Waals surface area contributed by atoms with Crippen LogP contribution in [-0.2, 0) is 32.7 Å². The van der Waals surface area contributed by atoms with Gasteiger partial charge in [0.25, 0.3) is 0 Å². The lowest BCUT2D eigenvalue weighted by Crippen LogP contribution is -2.64. The minimum Gasteiger partial charge on any atom is -0.462 e. The molecule has 1 aliphatic carbocycles. The summed E-state index contributed by atoms with van der Waals surface area (Å²) < 4.78 is 33.4. The van der Waals surface area contributed by atoms with Crippen LogP contribution < -0.4 is 0 Å². The summed E-state index contributed by atoms with van der Waals surface area (Å²) in [6.45, 7) is 3.11. The first kappa shape index (κ1) is 57.3. The Bertz CT molecular complexity index is 1360. The van der Waals surface area contributed by atoms with Gasteiger partial charge >= 0.3 is 19.8 Å². The first-order chi connectivity index (χ1) is 29.9. The maximum atomic E-state index is 12.8. The summed E-state index contributed by atoms with van der Waals surface area (Å²) in [6.07, 6.45) is 34.0. The van der Waals surface area contributed by atoms with Gasteiger partial charge < -0.3 is 39.9 Å². The number of phosphoric acid groups is 1. The molecule has 0 aromatic heterocycles. The molecule has 356 valence electrons. The van der Waals surface area contributed by atoms with Gasteiger partial charge in [0.2, 0.25) is 0 Å². The maximum Gasteiger partial charge on any atom is 0.472 e. The van der Waals surface area contributed by atoms with Crippen LogP contribution in [0.1, 0.15) is 162 Å². The Morgan fingerprint density at radius 2 is 0.919 bits per heavy atom. The number of aliphatic hydroxyl groups excluding tert-OH is 5. The highest BCUT2D eigenvalue weighted by atomic mass is 31.2. The van der Waals surface area contributed by atoms with Crippen molar-refractivity contribution in [1.29, 1.82) is 0 Å². The van der Waals surface area contributed by atoms with E-state index >= 15 is 0 Å². The molecule has 0 saturated heterocycles. The van der Waals surface area contributed by atoms with Crippen molar-refractivity contribution in [3.63, 3.8) is 0 Å². The van der Waals surface area contributed by atoms with Gasteiger partial charge in [-0.25, -0.2) is 4.57 Å². The number of allylic oxidation sites excluding steroid dienone is 12. The third kappa shape index (κ3) is 29.6. The number of hydrogen-bond acceptors (Lipinski definition) is 12. The molecule has 0 aromatic rings. The Kier molecular flexibility index (Phi) is 34.8. The van der Waals surface area contributed by atoms with Crippen LogP contribution in [0.15, 0.2) is 72.9 Å². The highest BCUT2D eigenvalue weighted by Crippen LogP contribution is 2.47. The van der Waals surface area contributed by atoms with Crippen molar-refractivity contribution in [3.8, 4) is 0 Å². The summed E-state index contributed by atoms with van der Waals surface area (Å²) in [5.74, 6) is -1.20. The first-order valence-electron chi connectivity index (χ1n) is 23.2. The number of carbonyl (C=O) groups excluding carboxylic acids is 2. The molecule has 0 radical (unpaired) electrons. The van der Waals surface area contributed by atoms with Gasteiger partial charge in [0.1, 0.15) is 43.2 Å². The average molecular weight is 897 g/mol. The molecule has 0 spiro atoms. The predicted molar refractivity (Wildman–Crippen MR) is 244 cm³/mol. The Morgan fingerprint density at radius 1 is 0.516 bits per heavy atom. The highest BCUT2D eigenvalue weighted by Gasteiger charge is 2.51. The van der Waals surface area contributed by atoms with Crippen LogP contribution in [0.2, 0.25) is 0 Å². The number of phosphoric ester groups is 1. The SMILES string of the molecule is CC/C=C/C/C=C/C/C=C/C/C=C/C/C=C/C/C=C/CCC(=O)OC[C@@H](COP(=O)(O)OC1C(O)C(O)C(O)[C@H](O)C1O)OC(=O)CCCCCCCCCCCCCCCC. The molecule has 13 nitrogen and oxygen atoms in total. The molecule has 14 heteroatoms. The molecule has 1 rings (SSSR count). The van der Waals surface area contributed by atoms with Crippen LogP contribution in [0.25, 0.3) is 0 Å². The zero-order valence-electron chi connectivity index (χ0n) is 37.6. The van der Waals surface area contributed by atoms with Crippen LogP contribution in [0.5, 0.6) is 0 Å². The molecule has 1 saturated carbocycles. The van der Waals surface area contributed by atoms with Crippen LogP contribution >= 0.6 is 7.82 Å². The summed E-state index contributed by atoms with van der Waals surface area (Å²) in [7, 11) is -5.14. The molecule has 8 atom stereocenters. The van der Waals surface area contributed by atoms with Gasteiger partial charge in [0.15, 0.2) is 6.10 Å². The fourth-order valence-corrected chi connectivity index (χ4v) is 7.58. The van der Waals surface area contributed by atoms with Crippen LogP contribution in [-0.4, -0.2) is 98.3 Å². The van der Waals surface area contributed by atoms with Gasteiger partial charge in [-0.1, -0.05) is 170 Å². The lowest BCUT2D eigenvalue weighted by atomic mass is 9.85. The zero-order chi connectivity index (χ0) is 45.7. The van der Waals surface area contributed by atoms with Crippen molar-refractivity contribution in [1.82, 2.24) is 0 Å². The second kappa shape index (κ2) is 37.6. The number of rotatable bonds is 37. The van der Waals surface area contributed by atoms with E-state index < -0.39 is 75.7 Å². The number of unbranched alkanes of at least 4 members (excludes halogenated alkanes) is 13. The van der Waals surface area contributed by atoms with E-state index in [2.05, 4.69) is 68.5 Å². The van der Waals surface area contributed by atoms with E-state index in [1.807, 2.05) is 18.2 Å². The van der Waals surface area contributed by atoms with Crippen molar-refractivity contribution in [2.45, 2.75) is 204 Å². The topological polar surface area (TPSA) is 210 Å². The van der Waals surface area contributed by atoms with Gasteiger partial charge in [-0.15, -0.1) is 0 Å². The molecule has 6 unspecified atom stereocenters. The molecule has 6 N–H and O–H groups in total. The van der Waals surface area contributed by atoms with Gasteiger partial charge in [0.05, 0.1) is 6.61 Å². The second-order valence-corrected chi connectivity index (χ2v) is 17.3. The fraction of sp³-hybridized carbons (Fsp3) is 0.708. The lowest BCUT2D eigenvalue weighted by Gasteiger charge is -2.41. The van der Waals surface area contributed by atoms with Crippen LogP contribution in [0.4, 0.5) is 0 Å². The lowest BCUT2D eigenvalue weighted by molar-refractivity contribution is -0.220. The smallest absolute Gasteiger partial charge is 0.462 e. The fourth-order valence-electron chi connectivity index (χ4n) is 6.61. The summed E-state index contributed by atoms with van der Waals surface area (Å²) in [4.78, 5) is 35.7. The monoisotopic (exact) mass is 897 g/mol. The number of carbonyl (C=O) groups is 2. The number of esters is 2. The van der Waals surface area contributed by atoms with E-state index in [1.165, 1.54) is 57.8 Å². The number of aliphatic hydroxyl groups is 5. The molecule has 0 aromatic carbocycles. The summed E-state index contributed by atoms with van der Waals surface area (Å²) in [5, 5.41) is 50.1. The van der Waals surface area contributed by atoms with Crippen molar-refractivity contribution in [2.24, 2.45) is 0 Å². The van der Waals surface area contributed by atoms with Crippen molar-refractivity contribution >= 4 is 19.8 Å². The molecule has 0 heterocycles. The van der Waals surface area contributed by atoms with Gasteiger partial charge in [-0.2, -0.15) is 0 Å². The van der Waals surface area contributed by atoms with E-state index in [9.17, 15) is 44.6 Å². The van der Waals surface area contributed by atoms with Crippen LogP contribution in [0, 0.1) is 0 Å². The Balaban J connectivity index is 2.51. The molecule has 0 bridgehead atoms. The zero-order valence-corrected chi connectivity index (χ0v) is 38.5. The van der Waals surface area contributed by atoms with Crippen LogP contribution in [0.3, 0.4) is 0 Å². The highest BCUT2D eigenvalue weighted by molar-refractivity contribution is 7.47. The van der Waals surface area contributed by atoms with Gasteiger partial charge in [-0.05, 0) is 51.4 Å². The average Bonchev–Trinajstić information content (AvgIpc) is 3.25. The summed E-state index contributed by atoms with van der Waals surface area (Å²) >= 11 is 0. The molecular weight excluding hydrogens is 815 g/mol. The largest absolute Gasteiger partial charge is 0.472 e. The standard InChI is InChI=1S/C48H81O13P/c1-3-5-7-9-11-13-15-17-19-20-21-22-23-25-26-28-30-32-34-36-41(49)58-38-40(39-59-62(56,57)61-48-46(54)44(52)43(51)45(53)47(48)55)60-42(50)37-35-33-31-29-27-24-18-16-14-12-10-8-6-4-2/h5,7,11,13,17,19,21-22,25-26,30,32,40,43-48,51-55H,3-4,6,8-10,12,14-16,18,20,23-24,27-29,31,33-39H2,1-2H3,(H,56,57)/b7-5+,13-11+,19-17+,22-21+,26-25+,32-30+/t40-,43?,44-,45?,46?,47?,48?/m0/s1. The van der Waals surface area contributed by atoms with Gasteiger partial charge in [0, 0.05) is 12.8 Å². The Hall–Kier alpha value is -2.71. The molecule has 62 heavy (non-hydrogen) atoms. The van der Waals surface area contributed by atoms with Crippen molar-refractivity contribution in [3.05, 3.63) is 72.9 Å². The molecule has 0 aliphatic heterocycles. The molecule has 1 fully saturated rings. The Morgan fingerprint density at radius 3 is 1.37 bits per heavy atom. The second-order valence-electron chi connectivity index (χ2n) is 15.9. The maximum absolute atomic E-state index is 12.8. The minimum atomic E-state index is -5.14. The molecule has 0 amide bonds. The number of hydrogen-bond donors (Lipinski definition) is 6. The number of ether oxygens (including phenoxy) is 2. The van der Waals surface area contributed by atoms with Crippen molar-refractivity contribution < 1.29 is 63.1 Å². The molecule has 1 aliphatic rings. The van der Waals surface area contributed by atoms with E-state index in [1.54, 1.807) is 0 Å². The van der Waals surface area contributed by atoms with E-state index in [0.29, 0.717) is 19.3 Å². The van der Waals surface area contributed by atoms with E-state index in [4.69, 9.17) is 18.5 Å². The summed E-state index contributed by atoms with van der Waals surface area (Å²) in [6, 6.07) is 0. The predicted octanol–water partition coefficient (Wildman–Crippen LogP) is 9.11. The quantitative estimate of drug-likeness (QED) is 0.0149. The third-order valence-electron chi connectivity index (χ3n) is 10.3. The van der Waals surface area contributed by atoms with E-state index in [0.717, 1.165) is 57.8 Å². The van der Waals surface area contributed by atoms with Crippen molar-refractivity contribution in [2.75, 3.05) is 13.2 Å². The van der Waals surface area contributed by atoms with Gasteiger partial charge in [-0.3, -0.25) is 18.6 Å².